The summed E-state index contributed by atoms with van der Waals surface area (Å²) >= 11 is 1.64. The zero-order chi connectivity index (χ0) is 18.4. The van der Waals surface area contributed by atoms with E-state index in [4.69, 9.17) is 0 Å². The number of thiophene rings is 1. The van der Waals surface area contributed by atoms with E-state index in [1.165, 1.54) is 42.7 Å². The molecular formula is C19H26ClFN2O2S2. The second-order valence-corrected chi connectivity index (χ2v) is 9.34. The molecule has 1 aliphatic rings. The van der Waals surface area contributed by atoms with Crippen LogP contribution in [0.5, 0.6) is 0 Å². The fourth-order valence-corrected chi connectivity index (χ4v) is 5.24. The second-order valence-electron chi connectivity index (χ2n) is 6.76. The molecule has 2 heterocycles. The molecule has 0 aliphatic carbocycles. The number of nitrogens with one attached hydrogen (secondary N) is 1. The Morgan fingerprint density at radius 1 is 1.07 bits per heavy atom. The van der Waals surface area contributed by atoms with Crippen LogP contribution >= 0.6 is 23.7 Å². The van der Waals surface area contributed by atoms with Crippen molar-refractivity contribution < 1.29 is 12.8 Å². The predicted octanol–water partition coefficient (Wildman–Crippen LogP) is 4.35. The van der Waals surface area contributed by atoms with Crippen molar-refractivity contribution in [2.75, 3.05) is 19.6 Å². The van der Waals surface area contributed by atoms with Crippen LogP contribution in [0.3, 0.4) is 0 Å². The second kappa shape index (κ2) is 10.5. The van der Waals surface area contributed by atoms with Crippen LogP contribution in [0.1, 0.15) is 42.9 Å². The van der Waals surface area contributed by atoms with E-state index in [1.54, 1.807) is 11.3 Å². The van der Waals surface area contributed by atoms with Crippen molar-refractivity contribution in [3.8, 4) is 0 Å². The van der Waals surface area contributed by atoms with Crippen LogP contribution < -0.4 is 4.72 Å². The molecule has 0 radical (unpaired) electrons. The molecule has 1 fully saturated rings. The van der Waals surface area contributed by atoms with Crippen LogP contribution in [0.25, 0.3) is 0 Å². The number of nitrogens with zero attached hydrogens (tertiary/aromatic N) is 1. The molecule has 8 heteroatoms. The average Bonchev–Trinajstić information content (AvgIpc) is 3.00. The highest BCUT2D eigenvalue weighted by atomic mass is 35.5. The number of halogens is 2. The number of rotatable bonds is 7. The van der Waals surface area contributed by atoms with Gasteiger partial charge in [0.05, 0.1) is 5.75 Å². The van der Waals surface area contributed by atoms with E-state index in [0.717, 1.165) is 25.9 Å². The number of hydrogen-bond acceptors (Lipinski definition) is 4. The molecule has 1 aromatic heterocycles. The van der Waals surface area contributed by atoms with Gasteiger partial charge in [-0.2, -0.15) is 11.3 Å². The molecule has 150 valence electrons. The molecular weight excluding hydrogens is 407 g/mol. The largest absolute Gasteiger partial charge is 0.295 e. The third-order valence-corrected chi connectivity index (χ3v) is 6.80. The van der Waals surface area contributed by atoms with Gasteiger partial charge in [0, 0.05) is 12.6 Å². The molecule has 1 aromatic carbocycles. The first-order valence-electron chi connectivity index (χ1n) is 9.01. The van der Waals surface area contributed by atoms with Gasteiger partial charge in [-0.1, -0.05) is 25.0 Å². The van der Waals surface area contributed by atoms with E-state index in [0.29, 0.717) is 12.1 Å². The molecule has 0 saturated carbocycles. The summed E-state index contributed by atoms with van der Waals surface area (Å²) in [5, 5.41) is 4.14. The van der Waals surface area contributed by atoms with Gasteiger partial charge in [0.25, 0.3) is 0 Å². The van der Waals surface area contributed by atoms with Crippen molar-refractivity contribution >= 4 is 33.8 Å². The van der Waals surface area contributed by atoms with Crippen LogP contribution in [0.2, 0.25) is 0 Å². The molecule has 1 saturated heterocycles. The maximum Gasteiger partial charge on any atom is 0.215 e. The molecule has 2 aromatic rings. The zero-order valence-electron chi connectivity index (χ0n) is 15.1. The van der Waals surface area contributed by atoms with Gasteiger partial charge < -0.3 is 0 Å². The minimum Gasteiger partial charge on any atom is -0.295 e. The standard InChI is InChI=1S/C19H25FN2O2S2.ClH/c20-18-7-5-16(6-8-18)15-26(23,24)21-13-19(17-9-12-25-14-17)22-10-3-1-2-4-11-22;/h5-9,12,14,19,21H,1-4,10-11,13,15H2;1H. The topological polar surface area (TPSA) is 49.4 Å². The smallest absolute Gasteiger partial charge is 0.215 e. The first-order valence-corrected chi connectivity index (χ1v) is 11.6. The van der Waals surface area contributed by atoms with Gasteiger partial charge in [-0.3, -0.25) is 4.90 Å². The molecule has 3 rings (SSSR count). The molecule has 1 aliphatic heterocycles. The Morgan fingerprint density at radius 2 is 1.74 bits per heavy atom. The number of benzene rings is 1. The van der Waals surface area contributed by atoms with Crippen molar-refractivity contribution in [2.24, 2.45) is 0 Å². The first-order chi connectivity index (χ1) is 12.5. The third-order valence-electron chi connectivity index (χ3n) is 4.78. The Morgan fingerprint density at radius 3 is 2.33 bits per heavy atom. The van der Waals surface area contributed by atoms with Gasteiger partial charge in [-0.25, -0.2) is 17.5 Å². The van der Waals surface area contributed by atoms with Gasteiger partial charge in [-0.05, 0) is 66.0 Å². The van der Waals surface area contributed by atoms with E-state index in [1.807, 2.05) is 5.38 Å². The number of sulfonamides is 1. The van der Waals surface area contributed by atoms with Gasteiger partial charge in [0.2, 0.25) is 10.0 Å². The summed E-state index contributed by atoms with van der Waals surface area (Å²) in [6.45, 7) is 2.36. The highest BCUT2D eigenvalue weighted by Crippen LogP contribution is 2.25. The minimum absolute atomic E-state index is 0. The summed E-state index contributed by atoms with van der Waals surface area (Å²) in [6.07, 6.45) is 4.79. The third kappa shape index (κ3) is 6.84. The summed E-state index contributed by atoms with van der Waals surface area (Å²) in [4.78, 5) is 2.40. The van der Waals surface area contributed by atoms with Crippen molar-refractivity contribution in [3.63, 3.8) is 0 Å². The van der Waals surface area contributed by atoms with Crippen molar-refractivity contribution in [3.05, 3.63) is 58.0 Å². The van der Waals surface area contributed by atoms with Crippen molar-refractivity contribution in [1.29, 1.82) is 0 Å². The Labute approximate surface area is 171 Å². The Bertz CT molecular complexity index is 775. The van der Waals surface area contributed by atoms with E-state index >= 15 is 0 Å². The highest BCUT2D eigenvalue weighted by Gasteiger charge is 2.24. The SMILES string of the molecule is Cl.O=S(=O)(Cc1ccc(F)cc1)NCC(c1ccsc1)N1CCCCCC1. The predicted molar refractivity (Wildman–Crippen MR) is 111 cm³/mol. The van der Waals surface area contributed by atoms with Gasteiger partial charge in [0.1, 0.15) is 5.82 Å². The highest BCUT2D eigenvalue weighted by molar-refractivity contribution is 7.88. The van der Waals surface area contributed by atoms with Gasteiger partial charge in [0.15, 0.2) is 0 Å². The van der Waals surface area contributed by atoms with Crippen LogP contribution in [-0.4, -0.2) is 33.0 Å². The summed E-state index contributed by atoms with van der Waals surface area (Å²) in [7, 11) is -3.48. The fraction of sp³-hybridized carbons (Fsp3) is 0.474. The van der Waals surface area contributed by atoms with E-state index < -0.39 is 10.0 Å². The summed E-state index contributed by atoms with van der Waals surface area (Å²) in [5.74, 6) is -0.498. The monoisotopic (exact) mass is 432 g/mol. The molecule has 1 atom stereocenters. The first kappa shape index (κ1) is 22.3. The van der Waals surface area contributed by atoms with Crippen LogP contribution in [-0.2, 0) is 15.8 Å². The van der Waals surface area contributed by atoms with Crippen LogP contribution in [0, 0.1) is 5.82 Å². The van der Waals surface area contributed by atoms with Gasteiger partial charge in [-0.15, -0.1) is 12.4 Å². The van der Waals surface area contributed by atoms with E-state index in [-0.39, 0.29) is 30.0 Å². The molecule has 0 bridgehead atoms. The Balaban J connectivity index is 0.00000261. The Kier molecular flexibility index (Phi) is 8.69. The molecule has 0 spiro atoms. The fourth-order valence-electron chi connectivity index (χ4n) is 3.39. The molecule has 4 nitrogen and oxygen atoms in total. The lowest BCUT2D eigenvalue weighted by Crippen LogP contribution is -2.38. The summed E-state index contributed by atoms with van der Waals surface area (Å²) in [6, 6.07) is 7.74. The number of hydrogen-bond donors (Lipinski definition) is 1. The number of likely N-dealkylation sites (tertiary alicyclic amines) is 1. The van der Waals surface area contributed by atoms with Crippen molar-refractivity contribution in [1.82, 2.24) is 9.62 Å². The summed E-state index contributed by atoms with van der Waals surface area (Å²) < 4.78 is 40.7. The normalized spacial score (nSPS) is 17.1. The lowest BCUT2D eigenvalue weighted by molar-refractivity contribution is 0.206. The Hall–Kier alpha value is -0.990. The molecule has 1 unspecified atom stereocenters. The lowest BCUT2D eigenvalue weighted by atomic mass is 10.1. The molecule has 27 heavy (non-hydrogen) atoms. The van der Waals surface area contributed by atoms with Crippen molar-refractivity contribution in [2.45, 2.75) is 37.5 Å². The van der Waals surface area contributed by atoms with E-state index in [2.05, 4.69) is 21.1 Å². The van der Waals surface area contributed by atoms with Crippen LogP contribution in [0.4, 0.5) is 4.39 Å². The quantitative estimate of drug-likeness (QED) is 0.707. The molecule has 1 N–H and O–H groups in total. The maximum atomic E-state index is 13.0. The van der Waals surface area contributed by atoms with E-state index in [9.17, 15) is 12.8 Å². The average molecular weight is 433 g/mol. The summed E-state index contributed by atoms with van der Waals surface area (Å²) in [5.41, 5.74) is 1.75. The molecule has 0 amide bonds. The van der Waals surface area contributed by atoms with Gasteiger partial charge >= 0.3 is 0 Å². The minimum atomic E-state index is -3.48. The zero-order valence-corrected chi connectivity index (χ0v) is 17.6. The van der Waals surface area contributed by atoms with Crippen LogP contribution in [0.15, 0.2) is 41.1 Å². The lowest BCUT2D eigenvalue weighted by Gasteiger charge is -2.30. The maximum absolute atomic E-state index is 13.0.